The normalized spacial score (nSPS) is 12.7. The van der Waals surface area contributed by atoms with Crippen LogP contribution in [-0.2, 0) is 4.79 Å². The summed E-state index contributed by atoms with van der Waals surface area (Å²) in [4.78, 5) is 11.0. The summed E-state index contributed by atoms with van der Waals surface area (Å²) in [5.74, 6) is 0.0989. The van der Waals surface area contributed by atoms with Crippen molar-refractivity contribution in [3.05, 3.63) is 0 Å². The van der Waals surface area contributed by atoms with E-state index in [0.717, 1.165) is 19.3 Å². The Kier molecular flexibility index (Phi) is 11.4. The second-order valence-corrected chi connectivity index (χ2v) is 5.05. The second-order valence-electron chi connectivity index (χ2n) is 4.67. The second kappa shape index (κ2) is 11.4. The Bertz CT molecular complexity index is 168. The van der Waals surface area contributed by atoms with Crippen molar-refractivity contribution in [1.82, 2.24) is 0 Å². The molecule has 0 rings (SSSR count). The lowest BCUT2D eigenvalue weighted by Crippen LogP contribution is -2.06. The third-order valence-corrected chi connectivity index (χ3v) is 3.53. The van der Waals surface area contributed by atoms with Gasteiger partial charge in [-0.15, -0.1) is 0 Å². The highest BCUT2D eigenvalue weighted by atomic mass is 35.5. The van der Waals surface area contributed by atoms with Crippen LogP contribution < -0.4 is 0 Å². The summed E-state index contributed by atoms with van der Waals surface area (Å²) in [6, 6.07) is 0. The van der Waals surface area contributed by atoms with Gasteiger partial charge in [0.15, 0.2) is 0 Å². The number of carbonyl (C=O) groups is 1. The first-order chi connectivity index (χ1) is 7.72. The molecule has 0 radical (unpaired) electrons. The van der Waals surface area contributed by atoms with Crippen molar-refractivity contribution in [2.45, 2.75) is 78.1 Å². The lowest BCUT2D eigenvalue weighted by atomic mass is 9.99. The maximum Gasteiger partial charge on any atom is 0.224 e. The molecule has 16 heavy (non-hydrogen) atoms. The average Bonchev–Trinajstić information content (AvgIpc) is 2.26. The number of carbonyl (C=O) groups excluding carboxylic acids is 1. The van der Waals surface area contributed by atoms with E-state index in [-0.39, 0.29) is 11.2 Å². The van der Waals surface area contributed by atoms with E-state index in [1.165, 1.54) is 44.9 Å². The Labute approximate surface area is 106 Å². The molecule has 0 aliphatic heterocycles. The molecule has 2 heteroatoms. The largest absolute Gasteiger partial charge is 0.281 e. The molecule has 0 amide bonds. The summed E-state index contributed by atoms with van der Waals surface area (Å²) in [7, 11) is 0. The van der Waals surface area contributed by atoms with E-state index in [1.807, 2.05) is 6.92 Å². The molecule has 0 aromatic heterocycles. The van der Waals surface area contributed by atoms with E-state index >= 15 is 0 Å². The highest BCUT2D eigenvalue weighted by molar-refractivity contribution is 6.63. The quantitative estimate of drug-likeness (QED) is 0.357. The molecule has 0 heterocycles. The van der Waals surface area contributed by atoms with E-state index in [2.05, 4.69) is 6.92 Å². The minimum Gasteiger partial charge on any atom is -0.281 e. The molecule has 0 bridgehead atoms. The van der Waals surface area contributed by atoms with Gasteiger partial charge in [0.2, 0.25) is 5.24 Å². The summed E-state index contributed by atoms with van der Waals surface area (Å²) in [5, 5.41) is -0.148. The van der Waals surface area contributed by atoms with E-state index in [9.17, 15) is 4.79 Å². The SMILES string of the molecule is CCCCCCCCCCC(CC)C(=O)Cl. The van der Waals surface area contributed by atoms with Crippen LogP contribution in [0.15, 0.2) is 0 Å². The topological polar surface area (TPSA) is 17.1 Å². The smallest absolute Gasteiger partial charge is 0.224 e. The maximum absolute atomic E-state index is 11.0. The van der Waals surface area contributed by atoms with Gasteiger partial charge in [-0.05, 0) is 24.4 Å². The van der Waals surface area contributed by atoms with Crippen molar-refractivity contribution < 1.29 is 4.79 Å². The van der Waals surface area contributed by atoms with E-state index in [1.54, 1.807) is 0 Å². The fraction of sp³-hybridized carbons (Fsp3) is 0.929. The fourth-order valence-corrected chi connectivity index (χ4v) is 2.27. The van der Waals surface area contributed by atoms with E-state index in [4.69, 9.17) is 11.6 Å². The molecule has 96 valence electrons. The van der Waals surface area contributed by atoms with Crippen LogP contribution in [0.1, 0.15) is 78.1 Å². The van der Waals surface area contributed by atoms with Gasteiger partial charge in [-0.3, -0.25) is 4.79 Å². The van der Waals surface area contributed by atoms with Crippen molar-refractivity contribution in [3.8, 4) is 0 Å². The monoisotopic (exact) mass is 246 g/mol. The summed E-state index contributed by atoms with van der Waals surface area (Å²) in [6.45, 7) is 4.28. The predicted octanol–water partition coefficient (Wildman–Crippen LogP) is 5.31. The Morgan fingerprint density at radius 3 is 1.88 bits per heavy atom. The first kappa shape index (κ1) is 16.0. The van der Waals surface area contributed by atoms with Gasteiger partial charge in [0, 0.05) is 5.92 Å². The molecule has 1 nitrogen and oxygen atoms in total. The molecule has 0 aliphatic rings. The Morgan fingerprint density at radius 2 is 1.44 bits per heavy atom. The highest BCUT2D eigenvalue weighted by Gasteiger charge is 2.12. The molecule has 0 spiro atoms. The summed E-state index contributed by atoms with van der Waals surface area (Å²) in [5.41, 5.74) is 0. The van der Waals surface area contributed by atoms with E-state index < -0.39 is 0 Å². The minimum atomic E-state index is -0.148. The molecule has 0 N–H and O–H groups in total. The standard InChI is InChI=1S/C14H27ClO/c1-3-5-6-7-8-9-10-11-12-13(4-2)14(15)16/h13H,3-12H2,1-2H3. The zero-order valence-electron chi connectivity index (χ0n) is 10.9. The molecule has 0 fully saturated rings. The molecule has 0 saturated heterocycles. The highest BCUT2D eigenvalue weighted by Crippen LogP contribution is 2.17. The van der Waals surface area contributed by atoms with Gasteiger partial charge in [0.05, 0.1) is 0 Å². The Balaban J connectivity index is 3.22. The molecule has 0 aromatic carbocycles. The first-order valence-corrected chi connectivity index (χ1v) is 7.29. The third-order valence-electron chi connectivity index (χ3n) is 3.22. The Hall–Kier alpha value is -0.0400. The van der Waals surface area contributed by atoms with Crippen LogP contribution in [0.5, 0.6) is 0 Å². The van der Waals surface area contributed by atoms with Gasteiger partial charge >= 0.3 is 0 Å². The van der Waals surface area contributed by atoms with Gasteiger partial charge in [-0.1, -0.05) is 65.2 Å². The molecular formula is C14H27ClO. The number of hydrogen-bond acceptors (Lipinski definition) is 1. The molecule has 0 saturated carbocycles. The minimum absolute atomic E-state index is 0.0989. The maximum atomic E-state index is 11.0. The van der Waals surface area contributed by atoms with Gasteiger partial charge in [0.1, 0.15) is 0 Å². The molecular weight excluding hydrogens is 220 g/mol. The first-order valence-electron chi connectivity index (χ1n) is 6.91. The number of hydrogen-bond donors (Lipinski definition) is 0. The zero-order chi connectivity index (χ0) is 12.2. The van der Waals surface area contributed by atoms with Crippen molar-refractivity contribution in [2.75, 3.05) is 0 Å². The summed E-state index contributed by atoms with van der Waals surface area (Å²) >= 11 is 5.50. The van der Waals surface area contributed by atoms with Gasteiger partial charge in [0.25, 0.3) is 0 Å². The van der Waals surface area contributed by atoms with Gasteiger partial charge in [-0.25, -0.2) is 0 Å². The predicted molar refractivity (Wildman–Crippen MR) is 71.9 cm³/mol. The number of unbranched alkanes of at least 4 members (excludes halogenated alkanes) is 7. The van der Waals surface area contributed by atoms with Crippen LogP contribution in [0.25, 0.3) is 0 Å². The van der Waals surface area contributed by atoms with E-state index in [0.29, 0.717) is 0 Å². The third kappa shape index (κ3) is 9.21. The lowest BCUT2D eigenvalue weighted by molar-refractivity contribution is -0.115. The van der Waals surface area contributed by atoms with Crippen molar-refractivity contribution >= 4 is 16.8 Å². The van der Waals surface area contributed by atoms with Crippen molar-refractivity contribution in [3.63, 3.8) is 0 Å². The summed E-state index contributed by atoms with van der Waals surface area (Å²) < 4.78 is 0. The fourth-order valence-electron chi connectivity index (χ4n) is 2.00. The van der Waals surface area contributed by atoms with Crippen molar-refractivity contribution in [2.24, 2.45) is 5.92 Å². The number of halogens is 1. The van der Waals surface area contributed by atoms with Crippen LogP contribution >= 0.6 is 11.6 Å². The number of rotatable bonds is 11. The molecule has 0 aromatic rings. The van der Waals surface area contributed by atoms with Crippen LogP contribution in [0.3, 0.4) is 0 Å². The lowest BCUT2D eigenvalue weighted by Gasteiger charge is -2.08. The Morgan fingerprint density at radius 1 is 0.938 bits per heavy atom. The van der Waals surface area contributed by atoms with Crippen LogP contribution in [0, 0.1) is 5.92 Å². The van der Waals surface area contributed by atoms with Gasteiger partial charge in [-0.2, -0.15) is 0 Å². The average molecular weight is 247 g/mol. The summed E-state index contributed by atoms with van der Waals surface area (Å²) in [6.07, 6.45) is 12.4. The van der Waals surface area contributed by atoms with Crippen LogP contribution in [-0.4, -0.2) is 5.24 Å². The molecule has 1 atom stereocenters. The van der Waals surface area contributed by atoms with Crippen LogP contribution in [0.2, 0.25) is 0 Å². The van der Waals surface area contributed by atoms with Gasteiger partial charge < -0.3 is 0 Å². The van der Waals surface area contributed by atoms with Crippen LogP contribution in [0.4, 0.5) is 0 Å². The van der Waals surface area contributed by atoms with Crippen molar-refractivity contribution in [1.29, 1.82) is 0 Å². The zero-order valence-corrected chi connectivity index (χ0v) is 11.7. The molecule has 0 aliphatic carbocycles. The molecule has 1 unspecified atom stereocenters.